The Hall–Kier alpha value is -3.38. The minimum Gasteiger partial charge on any atom is -0.383 e. The summed E-state index contributed by atoms with van der Waals surface area (Å²) in [6.07, 6.45) is 0. The number of carbonyl (C=O) groups is 2. The summed E-state index contributed by atoms with van der Waals surface area (Å²) in [4.78, 5) is 27.9. The number of nitrogens with two attached hydrogens (primary N) is 1. The molecular formula is C21H19ClN4O2. The van der Waals surface area contributed by atoms with E-state index in [-0.39, 0.29) is 17.6 Å². The number of amides is 2. The van der Waals surface area contributed by atoms with Gasteiger partial charge in [0.15, 0.2) is 0 Å². The molecule has 0 radical (unpaired) electrons. The molecule has 1 heterocycles. The number of benzene rings is 2. The third kappa shape index (κ3) is 4.47. The van der Waals surface area contributed by atoms with Gasteiger partial charge in [-0.2, -0.15) is 0 Å². The van der Waals surface area contributed by atoms with Crippen molar-refractivity contribution < 1.29 is 9.59 Å². The Morgan fingerprint density at radius 2 is 1.68 bits per heavy atom. The van der Waals surface area contributed by atoms with E-state index in [1.165, 1.54) is 6.92 Å². The molecule has 0 atom stereocenters. The van der Waals surface area contributed by atoms with Crippen LogP contribution in [0.15, 0.2) is 54.6 Å². The molecule has 0 saturated heterocycles. The molecule has 0 bridgehead atoms. The van der Waals surface area contributed by atoms with Crippen molar-refractivity contribution in [1.29, 1.82) is 0 Å². The van der Waals surface area contributed by atoms with Crippen LogP contribution in [0, 0.1) is 6.92 Å². The highest BCUT2D eigenvalue weighted by Gasteiger charge is 2.12. The number of hydrogen-bond acceptors (Lipinski definition) is 4. The van der Waals surface area contributed by atoms with Crippen molar-refractivity contribution in [1.82, 2.24) is 4.98 Å². The van der Waals surface area contributed by atoms with E-state index in [1.54, 1.807) is 36.4 Å². The maximum atomic E-state index is 12.3. The van der Waals surface area contributed by atoms with Crippen LogP contribution >= 0.6 is 11.6 Å². The zero-order valence-corrected chi connectivity index (χ0v) is 16.2. The third-order valence-corrected chi connectivity index (χ3v) is 4.37. The van der Waals surface area contributed by atoms with E-state index < -0.39 is 0 Å². The fourth-order valence-electron chi connectivity index (χ4n) is 2.76. The molecule has 0 saturated carbocycles. The first-order valence-corrected chi connectivity index (χ1v) is 8.93. The molecule has 1 aromatic heterocycles. The van der Waals surface area contributed by atoms with E-state index in [0.29, 0.717) is 27.7 Å². The quantitative estimate of drug-likeness (QED) is 0.606. The van der Waals surface area contributed by atoms with Crippen molar-refractivity contribution in [2.24, 2.45) is 0 Å². The normalized spacial score (nSPS) is 10.4. The molecule has 7 heteroatoms. The number of pyridine rings is 1. The van der Waals surface area contributed by atoms with E-state index in [2.05, 4.69) is 15.6 Å². The monoisotopic (exact) mass is 394 g/mol. The van der Waals surface area contributed by atoms with Crippen LogP contribution in [0.3, 0.4) is 0 Å². The van der Waals surface area contributed by atoms with Gasteiger partial charge in [0.1, 0.15) is 11.6 Å². The van der Waals surface area contributed by atoms with Crippen molar-refractivity contribution in [3.63, 3.8) is 0 Å². The van der Waals surface area contributed by atoms with E-state index in [4.69, 9.17) is 17.3 Å². The number of halogens is 1. The Bertz CT molecular complexity index is 1050. The lowest BCUT2D eigenvalue weighted by atomic mass is 10.0. The minimum absolute atomic E-state index is 0.152. The largest absolute Gasteiger partial charge is 0.383 e. The molecule has 3 rings (SSSR count). The van der Waals surface area contributed by atoms with E-state index in [1.807, 2.05) is 25.1 Å². The SMILES string of the molecule is CC(=O)Nc1ccc(C)c(-c2ccc(NC(=O)c3ccc(Cl)cc3)nc2N)c1. The summed E-state index contributed by atoms with van der Waals surface area (Å²) in [6, 6.07) is 15.6. The van der Waals surface area contributed by atoms with Gasteiger partial charge in [0, 0.05) is 28.8 Å². The number of hydrogen-bond donors (Lipinski definition) is 3. The highest BCUT2D eigenvalue weighted by molar-refractivity contribution is 6.30. The number of nitrogen functional groups attached to an aromatic ring is 1. The second-order valence-corrected chi connectivity index (χ2v) is 6.74. The number of nitrogens with zero attached hydrogens (tertiary/aromatic N) is 1. The molecule has 6 nitrogen and oxygen atoms in total. The van der Waals surface area contributed by atoms with Gasteiger partial charge in [-0.1, -0.05) is 17.7 Å². The Balaban J connectivity index is 1.85. The maximum Gasteiger partial charge on any atom is 0.256 e. The molecular weight excluding hydrogens is 376 g/mol. The van der Waals surface area contributed by atoms with Crippen molar-refractivity contribution in [2.75, 3.05) is 16.4 Å². The van der Waals surface area contributed by atoms with Crippen molar-refractivity contribution in [2.45, 2.75) is 13.8 Å². The number of aromatic nitrogens is 1. The molecule has 0 aliphatic carbocycles. The molecule has 0 aliphatic rings. The topological polar surface area (TPSA) is 97.1 Å². The lowest BCUT2D eigenvalue weighted by molar-refractivity contribution is -0.114. The van der Waals surface area contributed by atoms with Crippen LogP contribution in [0.5, 0.6) is 0 Å². The molecule has 4 N–H and O–H groups in total. The molecule has 3 aromatic rings. The average Bonchev–Trinajstić information content (AvgIpc) is 2.64. The number of nitrogens with one attached hydrogen (secondary N) is 2. The van der Waals surface area contributed by atoms with Crippen LogP contribution in [-0.2, 0) is 4.79 Å². The molecule has 0 unspecified atom stereocenters. The summed E-state index contributed by atoms with van der Waals surface area (Å²) in [7, 11) is 0. The predicted octanol–water partition coefficient (Wildman–Crippen LogP) is 4.50. The summed E-state index contributed by atoms with van der Waals surface area (Å²) in [5, 5.41) is 6.03. The van der Waals surface area contributed by atoms with Crippen LogP contribution in [0.4, 0.5) is 17.3 Å². The predicted molar refractivity (Wildman–Crippen MR) is 113 cm³/mol. The van der Waals surface area contributed by atoms with Crippen molar-refractivity contribution >= 4 is 40.7 Å². The van der Waals surface area contributed by atoms with Gasteiger partial charge in [0.25, 0.3) is 5.91 Å². The lowest BCUT2D eigenvalue weighted by Crippen LogP contribution is -2.13. The van der Waals surface area contributed by atoms with Gasteiger partial charge in [0.05, 0.1) is 0 Å². The molecule has 2 amide bonds. The Morgan fingerprint density at radius 3 is 2.32 bits per heavy atom. The molecule has 28 heavy (non-hydrogen) atoms. The zero-order chi connectivity index (χ0) is 20.3. The van der Waals surface area contributed by atoms with Gasteiger partial charge in [-0.15, -0.1) is 0 Å². The second-order valence-electron chi connectivity index (χ2n) is 6.30. The molecule has 2 aromatic carbocycles. The molecule has 0 spiro atoms. The van der Waals surface area contributed by atoms with Gasteiger partial charge in [-0.3, -0.25) is 9.59 Å². The smallest absolute Gasteiger partial charge is 0.256 e. The fraction of sp³-hybridized carbons (Fsp3) is 0.0952. The highest BCUT2D eigenvalue weighted by atomic mass is 35.5. The summed E-state index contributed by atoms with van der Waals surface area (Å²) >= 11 is 5.84. The van der Waals surface area contributed by atoms with Gasteiger partial charge in [-0.25, -0.2) is 4.98 Å². The first kappa shape index (κ1) is 19.4. The summed E-state index contributed by atoms with van der Waals surface area (Å²) in [6.45, 7) is 3.40. The number of carbonyl (C=O) groups excluding carboxylic acids is 2. The summed E-state index contributed by atoms with van der Waals surface area (Å²) in [5.74, 6) is 0.162. The Kier molecular flexibility index (Phi) is 5.61. The number of aryl methyl sites for hydroxylation is 1. The van der Waals surface area contributed by atoms with E-state index in [0.717, 1.165) is 11.1 Å². The molecule has 0 aliphatic heterocycles. The van der Waals surface area contributed by atoms with Crippen molar-refractivity contribution in [3.8, 4) is 11.1 Å². The van der Waals surface area contributed by atoms with Crippen LogP contribution in [0.1, 0.15) is 22.8 Å². The van der Waals surface area contributed by atoms with E-state index in [9.17, 15) is 9.59 Å². The first-order valence-electron chi connectivity index (χ1n) is 8.55. The standard InChI is InChI=1S/C21H19ClN4O2/c1-12-3-8-16(24-13(2)27)11-18(12)17-9-10-19(25-20(17)23)26-21(28)14-4-6-15(22)7-5-14/h3-11H,1-2H3,(H,24,27)(H3,23,25,26,28). The molecule has 142 valence electrons. The Labute approximate surface area is 167 Å². The van der Waals surface area contributed by atoms with Gasteiger partial charge in [-0.05, 0) is 66.6 Å². The van der Waals surface area contributed by atoms with Crippen molar-refractivity contribution in [3.05, 3.63) is 70.7 Å². The van der Waals surface area contributed by atoms with Crippen LogP contribution in [-0.4, -0.2) is 16.8 Å². The minimum atomic E-state index is -0.305. The van der Waals surface area contributed by atoms with E-state index >= 15 is 0 Å². The van der Waals surface area contributed by atoms with Crippen LogP contribution in [0.25, 0.3) is 11.1 Å². The molecule has 0 fully saturated rings. The maximum absolute atomic E-state index is 12.3. The zero-order valence-electron chi connectivity index (χ0n) is 15.4. The Morgan fingerprint density at radius 1 is 0.964 bits per heavy atom. The third-order valence-electron chi connectivity index (χ3n) is 4.12. The number of anilines is 3. The second kappa shape index (κ2) is 8.10. The lowest BCUT2D eigenvalue weighted by Gasteiger charge is -2.13. The summed E-state index contributed by atoms with van der Waals surface area (Å²) < 4.78 is 0. The average molecular weight is 395 g/mol. The van der Waals surface area contributed by atoms with Crippen LogP contribution in [0.2, 0.25) is 5.02 Å². The summed E-state index contributed by atoms with van der Waals surface area (Å²) in [5.41, 5.74) is 9.84. The highest BCUT2D eigenvalue weighted by Crippen LogP contribution is 2.31. The van der Waals surface area contributed by atoms with Crippen LogP contribution < -0.4 is 16.4 Å². The first-order chi connectivity index (χ1) is 13.3. The number of rotatable bonds is 4. The fourth-order valence-corrected chi connectivity index (χ4v) is 2.88. The van der Waals surface area contributed by atoms with Gasteiger partial charge >= 0.3 is 0 Å². The van der Waals surface area contributed by atoms with Gasteiger partial charge < -0.3 is 16.4 Å². The van der Waals surface area contributed by atoms with Gasteiger partial charge in [0.2, 0.25) is 5.91 Å².